The van der Waals surface area contributed by atoms with Crippen molar-refractivity contribution >= 4 is 22.6 Å². The van der Waals surface area contributed by atoms with Gasteiger partial charge in [-0.1, -0.05) is 12.1 Å². The third-order valence-electron chi connectivity index (χ3n) is 6.00. The highest BCUT2D eigenvalue weighted by molar-refractivity contribution is 7.09. The summed E-state index contributed by atoms with van der Waals surface area (Å²) in [6, 6.07) is 13.2. The third kappa shape index (κ3) is 5.96. The van der Waals surface area contributed by atoms with Gasteiger partial charge in [-0.25, -0.2) is 4.98 Å². The van der Waals surface area contributed by atoms with E-state index in [2.05, 4.69) is 20.7 Å². The molecule has 1 aromatic heterocycles. The van der Waals surface area contributed by atoms with Crippen molar-refractivity contribution in [1.29, 1.82) is 0 Å². The van der Waals surface area contributed by atoms with Crippen molar-refractivity contribution in [2.75, 3.05) is 45.9 Å². The summed E-state index contributed by atoms with van der Waals surface area (Å²) in [5, 5.41) is 4.02. The summed E-state index contributed by atoms with van der Waals surface area (Å²) in [6.45, 7) is 2.45. The van der Waals surface area contributed by atoms with Gasteiger partial charge in [0.15, 0.2) is 0 Å². The van der Waals surface area contributed by atoms with E-state index in [9.17, 15) is 4.79 Å². The van der Waals surface area contributed by atoms with Gasteiger partial charge in [0, 0.05) is 49.2 Å². The van der Waals surface area contributed by atoms with Gasteiger partial charge in [-0.3, -0.25) is 4.79 Å². The molecule has 2 heterocycles. The fraction of sp³-hybridized carbons (Fsp3) is 0.400. The molecule has 9 heteroatoms. The molecular formula is C25H30N4O4S. The molecule has 0 saturated carbocycles. The van der Waals surface area contributed by atoms with Gasteiger partial charge in [0.1, 0.15) is 23.1 Å². The van der Waals surface area contributed by atoms with Gasteiger partial charge in [-0.2, -0.15) is 4.37 Å². The number of methoxy groups -OCH3 is 3. The van der Waals surface area contributed by atoms with Gasteiger partial charge < -0.3 is 24.4 Å². The van der Waals surface area contributed by atoms with Crippen LogP contribution in [0.4, 0.5) is 5.13 Å². The third-order valence-corrected chi connectivity index (χ3v) is 6.82. The van der Waals surface area contributed by atoms with E-state index in [-0.39, 0.29) is 5.91 Å². The van der Waals surface area contributed by atoms with E-state index < -0.39 is 0 Å². The molecule has 180 valence electrons. The molecule has 0 bridgehead atoms. The second kappa shape index (κ2) is 11.2. The lowest BCUT2D eigenvalue weighted by Gasteiger charge is -2.31. The molecule has 4 rings (SSSR count). The van der Waals surface area contributed by atoms with Crippen LogP contribution in [-0.4, -0.2) is 56.2 Å². The van der Waals surface area contributed by atoms with Gasteiger partial charge in [0.2, 0.25) is 5.13 Å². The molecule has 8 nitrogen and oxygen atoms in total. The summed E-state index contributed by atoms with van der Waals surface area (Å²) in [5.41, 5.74) is 1.66. The predicted octanol–water partition coefficient (Wildman–Crippen LogP) is 3.80. The second-order valence-corrected chi connectivity index (χ2v) is 8.99. The van der Waals surface area contributed by atoms with Crippen LogP contribution in [0.2, 0.25) is 0 Å². The Morgan fingerprint density at radius 2 is 1.74 bits per heavy atom. The standard InChI is InChI=1S/C25H30N4O4S/c1-31-20-6-4-5-18(11-20)12-23-27-25(34-28-23)29-9-7-17(8-10-29)16-26-24(30)19-13-21(32-2)15-22(14-19)33-3/h4-6,11,13-15,17H,7-10,12,16H2,1-3H3,(H,26,30). The van der Waals surface area contributed by atoms with Gasteiger partial charge in [-0.15, -0.1) is 0 Å². The number of carbonyl (C=O) groups is 1. The Morgan fingerprint density at radius 1 is 1.03 bits per heavy atom. The highest BCUT2D eigenvalue weighted by atomic mass is 32.1. The fourth-order valence-corrected chi connectivity index (χ4v) is 4.75. The first-order valence-electron chi connectivity index (χ1n) is 11.3. The molecule has 1 amide bonds. The smallest absolute Gasteiger partial charge is 0.251 e. The van der Waals surface area contributed by atoms with Crippen LogP contribution >= 0.6 is 11.5 Å². The largest absolute Gasteiger partial charge is 0.497 e. The quantitative estimate of drug-likeness (QED) is 0.496. The number of carbonyl (C=O) groups excluding carboxylic acids is 1. The lowest BCUT2D eigenvalue weighted by molar-refractivity contribution is 0.0944. The van der Waals surface area contributed by atoms with Crippen molar-refractivity contribution in [2.45, 2.75) is 19.3 Å². The number of piperidine rings is 1. The first-order valence-corrected chi connectivity index (χ1v) is 12.1. The summed E-state index contributed by atoms with van der Waals surface area (Å²) in [7, 11) is 4.82. The molecule has 0 spiro atoms. The number of anilines is 1. The summed E-state index contributed by atoms with van der Waals surface area (Å²) in [6.07, 6.45) is 2.67. The zero-order valence-electron chi connectivity index (χ0n) is 19.7. The van der Waals surface area contributed by atoms with E-state index in [0.29, 0.717) is 35.9 Å². The summed E-state index contributed by atoms with van der Waals surface area (Å²) < 4.78 is 20.4. The van der Waals surface area contributed by atoms with Crippen molar-refractivity contribution in [2.24, 2.45) is 5.92 Å². The van der Waals surface area contributed by atoms with E-state index in [4.69, 9.17) is 19.2 Å². The molecule has 0 unspecified atom stereocenters. The Bertz CT molecular complexity index is 1090. The number of ether oxygens (including phenoxy) is 3. The summed E-state index contributed by atoms with van der Waals surface area (Å²) >= 11 is 1.45. The lowest BCUT2D eigenvalue weighted by atomic mass is 9.97. The van der Waals surface area contributed by atoms with Gasteiger partial charge >= 0.3 is 0 Å². The van der Waals surface area contributed by atoms with Crippen molar-refractivity contribution < 1.29 is 19.0 Å². The second-order valence-electron chi connectivity index (χ2n) is 8.26. The minimum absolute atomic E-state index is 0.120. The number of benzene rings is 2. The molecule has 1 fully saturated rings. The Balaban J connectivity index is 1.26. The van der Waals surface area contributed by atoms with Gasteiger partial charge in [0.05, 0.1) is 21.3 Å². The van der Waals surface area contributed by atoms with E-state index in [1.807, 2.05) is 18.2 Å². The number of nitrogens with zero attached hydrogens (tertiary/aromatic N) is 3. The number of nitrogens with one attached hydrogen (secondary N) is 1. The molecule has 1 aliphatic rings. The minimum Gasteiger partial charge on any atom is -0.497 e. The first kappa shape index (κ1) is 23.8. The first-order chi connectivity index (χ1) is 16.6. The maximum Gasteiger partial charge on any atom is 0.251 e. The maximum atomic E-state index is 12.6. The molecule has 0 radical (unpaired) electrons. The molecule has 1 saturated heterocycles. The zero-order chi connectivity index (χ0) is 23.9. The van der Waals surface area contributed by atoms with E-state index >= 15 is 0 Å². The zero-order valence-corrected chi connectivity index (χ0v) is 20.6. The Labute approximate surface area is 204 Å². The highest BCUT2D eigenvalue weighted by Gasteiger charge is 2.23. The van der Waals surface area contributed by atoms with E-state index in [1.54, 1.807) is 39.5 Å². The van der Waals surface area contributed by atoms with Crippen LogP contribution in [0.5, 0.6) is 17.2 Å². The van der Waals surface area contributed by atoms with Crippen molar-refractivity contribution in [1.82, 2.24) is 14.7 Å². The molecule has 0 aliphatic carbocycles. The average molecular weight is 483 g/mol. The number of aromatic nitrogens is 2. The average Bonchev–Trinajstić information content (AvgIpc) is 3.35. The van der Waals surface area contributed by atoms with Crippen molar-refractivity contribution in [3.8, 4) is 17.2 Å². The molecule has 0 atom stereocenters. The fourth-order valence-electron chi connectivity index (χ4n) is 4.02. The number of hydrogen-bond donors (Lipinski definition) is 1. The molecular weight excluding hydrogens is 452 g/mol. The molecule has 1 aliphatic heterocycles. The van der Waals surface area contributed by atoms with Gasteiger partial charge in [0.25, 0.3) is 5.91 Å². The van der Waals surface area contributed by atoms with Gasteiger partial charge in [-0.05, 0) is 48.6 Å². The van der Waals surface area contributed by atoms with Crippen LogP contribution in [0, 0.1) is 5.92 Å². The van der Waals surface area contributed by atoms with Crippen molar-refractivity contribution in [3.05, 3.63) is 59.4 Å². The molecule has 3 aromatic rings. The SMILES string of the molecule is COc1cccc(Cc2nsc(N3CCC(CNC(=O)c4cc(OC)cc(OC)c4)CC3)n2)c1. The Kier molecular flexibility index (Phi) is 7.84. The molecule has 34 heavy (non-hydrogen) atoms. The van der Waals surface area contributed by atoms with Crippen LogP contribution in [0.3, 0.4) is 0 Å². The molecule has 2 aromatic carbocycles. The number of rotatable bonds is 9. The summed E-state index contributed by atoms with van der Waals surface area (Å²) in [4.78, 5) is 19.7. The summed E-state index contributed by atoms with van der Waals surface area (Å²) in [5.74, 6) is 3.17. The van der Waals surface area contributed by atoms with Crippen LogP contribution in [0.1, 0.15) is 34.6 Å². The van der Waals surface area contributed by atoms with Crippen LogP contribution < -0.4 is 24.4 Å². The van der Waals surface area contributed by atoms with Crippen molar-refractivity contribution in [3.63, 3.8) is 0 Å². The number of hydrogen-bond acceptors (Lipinski definition) is 8. The minimum atomic E-state index is -0.120. The van der Waals surface area contributed by atoms with Crippen LogP contribution in [0.15, 0.2) is 42.5 Å². The maximum absolute atomic E-state index is 12.6. The Morgan fingerprint density at radius 3 is 2.41 bits per heavy atom. The predicted molar refractivity (Wildman–Crippen MR) is 133 cm³/mol. The van der Waals surface area contributed by atoms with E-state index in [1.165, 1.54) is 11.5 Å². The topological polar surface area (TPSA) is 85.8 Å². The van der Waals surface area contributed by atoms with Crippen LogP contribution in [0.25, 0.3) is 0 Å². The Hall–Kier alpha value is -3.33. The van der Waals surface area contributed by atoms with Crippen LogP contribution in [-0.2, 0) is 6.42 Å². The van der Waals surface area contributed by atoms with E-state index in [0.717, 1.165) is 48.2 Å². The monoisotopic (exact) mass is 482 g/mol. The number of amides is 1. The molecule has 1 N–H and O–H groups in total. The normalized spacial score (nSPS) is 14.0. The lowest BCUT2D eigenvalue weighted by Crippen LogP contribution is -2.38. The highest BCUT2D eigenvalue weighted by Crippen LogP contribution is 2.26.